The van der Waals surface area contributed by atoms with Gasteiger partial charge in [0.2, 0.25) is 0 Å². The Bertz CT molecular complexity index is 3300. The molecule has 1 N–H and O–H groups in total. The zero-order chi connectivity index (χ0) is 53.4. The van der Waals surface area contributed by atoms with Crippen molar-refractivity contribution in [1.29, 1.82) is 0 Å². The van der Waals surface area contributed by atoms with Crippen molar-refractivity contribution in [2.45, 2.75) is 118 Å². The molecular weight excluding hydrogens is 974 g/mol. The van der Waals surface area contributed by atoms with Crippen LogP contribution in [0.5, 0.6) is 5.75 Å². The Kier molecular flexibility index (Phi) is 10.1. The number of phenols is 1. The summed E-state index contributed by atoms with van der Waals surface area (Å²) in [6, 6.07) is 44.7. The molecule has 8 aromatic rings. The van der Waals surface area contributed by atoms with Gasteiger partial charge in [0.1, 0.15) is 11.6 Å². The van der Waals surface area contributed by atoms with Gasteiger partial charge in [0.25, 0.3) is 0 Å². The zero-order valence-electron chi connectivity index (χ0n) is 48.0. The molecule has 2 aromatic heterocycles. The monoisotopic (exact) mass is 1050 g/mol. The molecule has 5 heteroatoms. The maximum Gasteiger partial charge on any atom is 0.148 e. The van der Waals surface area contributed by atoms with E-state index in [1.807, 2.05) is 18.2 Å². The number of phenolic OH excluding ortho intramolecular Hbond substituents is 1. The number of pyridine rings is 1. The SMILES string of the molecule is [2H]C([2H])([2H])C(c1ccc(-c2ccnc(-c3[c-]c(-c4cccc5c4nc(-c4cc(C(C)C)cc(C(C)C)c4O)n5-c4ccc(C(C)(C)C)cc4-c4ccccc4)cc(C(C)(C)C)c3)c2)cc1)(C([2H])([2H])[2H])C([2H])([2H])[2H].[Pt]. The first kappa shape index (κ1) is 36.6. The van der Waals surface area contributed by atoms with Gasteiger partial charge in [-0.05, 0) is 97.4 Å². The van der Waals surface area contributed by atoms with E-state index >= 15 is 0 Å². The molecule has 0 amide bonds. The summed E-state index contributed by atoms with van der Waals surface area (Å²) in [5.74, 6) is 1.02. The van der Waals surface area contributed by atoms with Crippen LogP contribution in [0, 0.1) is 6.07 Å². The van der Waals surface area contributed by atoms with E-state index in [1.54, 1.807) is 24.4 Å². The fourth-order valence-electron chi connectivity index (χ4n) is 8.37. The Hall–Kier alpha value is -5.57. The number of benzene rings is 6. The topological polar surface area (TPSA) is 50.9 Å². The third-order valence-corrected chi connectivity index (χ3v) is 12.3. The predicted octanol–water partition coefficient (Wildman–Crippen LogP) is 16.4. The van der Waals surface area contributed by atoms with Crippen molar-refractivity contribution in [1.82, 2.24) is 14.5 Å². The van der Waals surface area contributed by atoms with Crippen LogP contribution in [0.1, 0.15) is 142 Å². The summed E-state index contributed by atoms with van der Waals surface area (Å²) in [7, 11) is 0. The van der Waals surface area contributed by atoms with Crippen molar-refractivity contribution in [2.75, 3.05) is 0 Å². The molecule has 4 nitrogen and oxygen atoms in total. The molecular formula is C60H64N3OPt-. The van der Waals surface area contributed by atoms with E-state index < -0.39 is 26.0 Å². The minimum Gasteiger partial charge on any atom is -0.507 e. The van der Waals surface area contributed by atoms with Crippen LogP contribution in [0.25, 0.3) is 72.7 Å². The van der Waals surface area contributed by atoms with E-state index in [9.17, 15) is 5.11 Å². The molecule has 0 aliphatic rings. The van der Waals surface area contributed by atoms with Crippen LogP contribution in [-0.4, -0.2) is 19.6 Å². The van der Waals surface area contributed by atoms with Gasteiger partial charge in [0, 0.05) is 50.9 Å². The number of hydrogen-bond donors (Lipinski definition) is 1. The van der Waals surface area contributed by atoms with Crippen LogP contribution in [-0.2, 0) is 37.3 Å². The first-order valence-electron chi connectivity index (χ1n) is 26.7. The Morgan fingerprint density at radius 2 is 1.26 bits per heavy atom. The standard InChI is InChI=1S/C60H64N3O.Pt/c1-37(2)42-33-49(38(3)4)56(64)51(34-42)57-62-55-48(20-17-21-54(55)63(57)53-27-26-46(59(8,9)10)36-50(53)40-18-15-14-16-19-40)43-30-44(32-47(31-43)60(11,12)13)52-35-41(28-29-61-52)39-22-24-45(25-23-39)58(5,6)7;/h14-29,31-38,64H,1-13H3;/q-1;/i5D3,6D3,7D3;. The summed E-state index contributed by atoms with van der Waals surface area (Å²) < 4.78 is 76.1. The average molecular weight is 1050 g/mol. The number of aromatic hydroxyl groups is 1. The van der Waals surface area contributed by atoms with E-state index in [1.165, 1.54) is 17.7 Å². The summed E-state index contributed by atoms with van der Waals surface area (Å²) in [5.41, 5.74) is 9.66. The zero-order valence-corrected chi connectivity index (χ0v) is 41.2. The van der Waals surface area contributed by atoms with Crippen LogP contribution in [0.2, 0.25) is 0 Å². The molecule has 65 heavy (non-hydrogen) atoms. The van der Waals surface area contributed by atoms with Gasteiger partial charge in [-0.3, -0.25) is 9.55 Å². The van der Waals surface area contributed by atoms with Crippen LogP contribution >= 0.6 is 0 Å². The van der Waals surface area contributed by atoms with Crippen LogP contribution in [0.3, 0.4) is 0 Å². The Morgan fingerprint density at radius 3 is 1.91 bits per heavy atom. The van der Waals surface area contributed by atoms with E-state index in [2.05, 4.69) is 159 Å². The third-order valence-electron chi connectivity index (χ3n) is 12.3. The molecule has 2 heterocycles. The molecule has 0 saturated carbocycles. The van der Waals surface area contributed by atoms with Crippen molar-refractivity contribution >= 4 is 11.0 Å². The van der Waals surface area contributed by atoms with Gasteiger partial charge in [0.05, 0.1) is 22.3 Å². The number of nitrogens with zero attached hydrogens (tertiary/aromatic N) is 3. The fraction of sp³-hybridized carbons (Fsp3) is 0.300. The van der Waals surface area contributed by atoms with Crippen molar-refractivity contribution in [3.05, 3.63) is 167 Å². The number of fused-ring (bicyclic) bond motifs is 1. The molecule has 336 valence electrons. The van der Waals surface area contributed by atoms with Crippen molar-refractivity contribution in [3.63, 3.8) is 0 Å². The van der Waals surface area contributed by atoms with Gasteiger partial charge >= 0.3 is 0 Å². The van der Waals surface area contributed by atoms with Gasteiger partial charge in [0.15, 0.2) is 0 Å². The van der Waals surface area contributed by atoms with Crippen molar-refractivity contribution in [3.8, 4) is 67.5 Å². The summed E-state index contributed by atoms with van der Waals surface area (Å²) >= 11 is 0. The predicted molar refractivity (Wildman–Crippen MR) is 271 cm³/mol. The molecule has 0 aliphatic carbocycles. The largest absolute Gasteiger partial charge is 0.507 e. The molecule has 0 saturated heterocycles. The number of aromatic nitrogens is 3. The molecule has 6 aromatic carbocycles. The van der Waals surface area contributed by atoms with Crippen LogP contribution < -0.4 is 0 Å². The second kappa shape index (κ2) is 18.0. The van der Waals surface area contributed by atoms with Gasteiger partial charge < -0.3 is 5.11 Å². The summed E-state index contributed by atoms with van der Waals surface area (Å²) in [5, 5.41) is 12.3. The molecule has 0 unspecified atom stereocenters. The second-order valence-corrected chi connectivity index (χ2v) is 19.8. The Morgan fingerprint density at radius 1 is 0.585 bits per heavy atom. The van der Waals surface area contributed by atoms with Crippen molar-refractivity contribution in [2.24, 2.45) is 0 Å². The molecule has 0 atom stereocenters. The van der Waals surface area contributed by atoms with Crippen LogP contribution in [0.4, 0.5) is 0 Å². The summed E-state index contributed by atoms with van der Waals surface area (Å²) in [6.45, 7) is 11.5. The first-order chi connectivity index (χ1) is 33.9. The van der Waals surface area contributed by atoms with Crippen LogP contribution in [0.15, 0.2) is 134 Å². The second-order valence-electron chi connectivity index (χ2n) is 19.8. The van der Waals surface area contributed by atoms with Gasteiger partial charge in [-0.15, -0.1) is 29.3 Å². The van der Waals surface area contributed by atoms with E-state index in [4.69, 9.17) is 22.3 Å². The van der Waals surface area contributed by atoms with E-state index in [-0.39, 0.29) is 55.0 Å². The number of rotatable bonds is 8. The first-order valence-corrected chi connectivity index (χ1v) is 22.2. The smallest absolute Gasteiger partial charge is 0.148 e. The summed E-state index contributed by atoms with van der Waals surface area (Å²) in [4.78, 5) is 10.4. The van der Waals surface area contributed by atoms with E-state index in [0.29, 0.717) is 39.3 Å². The Balaban J connectivity index is 0.00000800. The maximum absolute atomic E-state index is 12.3. The van der Waals surface area contributed by atoms with Crippen molar-refractivity contribution < 1.29 is 38.5 Å². The fourth-order valence-corrected chi connectivity index (χ4v) is 8.37. The number of hydrogen-bond acceptors (Lipinski definition) is 3. The normalized spacial score (nSPS) is 14.9. The number of para-hydroxylation sites is 1. The molecule has 0 bridgehead atoms. The molecule has 0 spiro atoms. The van der Waals surface area contributed by atoms with Gasteiger partial charge in [-0.1, -0.05) is 186 Å². The van der Waals surface area contributed by atoms with Gasteiger partial charge in [-0.25, -0.2) is 4.98 Å². The molecule has 0 aliphatic heterocycles. The molecule has 8 rings (SSSR count). The van der Waals surface area contributed by atoms with E-state index in [0.717, 1.165) is 50.1 Å². The number of imidazole rings is 1. The maximum atomic E-state index is 12.3. The molecule has 0 radical (unpaired) electrons. The minimum absolute atomic E-state index is 0. The summed E-state index contributed by atoms with van der Waals surface area (Å²) in [6.07, 6.45) is 1.67. The quantitative estimate of drug-likeness (QED) is 0.154. The molecule has 0 fully saturated rings. The minimum atomic E-state index is -3.37. The third kappa shape index (κ3) is 9.57. The Labute approximate surface area is 415 Å². The van der Waals surface area contributed by atoms with Gasteiger partial charge in [-0.2, -0.15) is 0 Å². The average Bonchev–Trinajstić information content (AvgIpc) is 3.69.